The Balaban J connectivity index is 1.64. The molecule has 2 aromatic carbocycles. The summed E-state index contributed by atoms with van der Waals surface area (Å²) in [6, 6.07) is 10.6. The molecule has 2 heterocycles. The second-order valence-electron chi connectivity index (χ2n) is 6.87. The molecule has 0 aromatic heterocycles. The zero-order valence-electron chi connectivity index (χ0n) is 15.5. The van der Waals surface area contributed by atoms with Crippen molar-refractivity contribution in [3.8, 4) is 0 Å². The Bertz CT molecular complexity index is 952. The largest absolute Gasteiger partial charge is 0.341 e. The number of benzene rings is 2. The molecule has 1 fully saturated rings. The number of rotatable bonds is 4. The third kappa shape index (κ3) is 3.86. The number of nitrogens with two attached hydrogens (primary N) is 1. The van der Waals surface area contributed by atoms with Crippen LogP contribution >= 0.6 is 11.6 Å². The van der Waals surface area contributed by atoms with E-state index < -0.39 is 5.82 Å². The van der Waals surface area contributed by atoms with Crippen LogP contribution in [0, 0.1) is 11.6 Å². The number of carbonyl (C=O) groups is 1. The molecule has 0 bridgehead atoms. The van der Waals surface area contributed by atoms with Crippen molar-refractivity contribution in [2.75, 3.05) is 36.4 Å². The average molecular weight is 420 g/mol. The van der Waals surface area contributed by atoms with Crippen LogP contribution in [0.3, 0.4) is 0 Å². The predicted molar refractivity (Wildman–Crippen MR) is 108 cm³/mol. The van der Waals surface area contributed by atoms with Gasteiger partial charge in [0.15, 0.2) is 0 Å². The molecule has 0 saturated carbocycles. The fourth-order valence-corrected chi connectivity index (χ4v) is 3.73. The van der Waals surface area contributed by atoms with Gasteiger partial charge in [-0.2, -0.15) is 0 Å². The number of piperazine rings is 1. The minimum Gasteiger partial charge on any atom is -0.341 e. The number of amides is 1. The molecule has 1 atom stereocenters. The Morgan fingerprint density at radius 3 is 2.62 bits per heavy atom. The summed E-state index contributed by atoms with van der Waals surface area (Å²) >= 11 is 5.77. The number of nitrogens with one attached hydrogen (secondary N) is 1. The van der Waals surface area contributed by atoms with Crippen LogP contribution in [0.2, 0.25) is 5.02 Å². The molecule has 0 spiro atoms. The first-order valence-electron chi connectivity index (χ1n) is 9.18. The van der Waals surface area contributed by atoms with Crippen molar-refractivity contribution in [1.29, 1.82) is 0 Å². The quantitative estimate of drug-likeness (QED) is 0.797. The number of halogens is 3. The summed E-state index contributed by atoms with van der Waals surface area (Å²) in [6.45, 7) is 1.48. The zero-order chi connectivity index (χ0) is 20.5. The first-order valence-corrected chi connectivity index (χ1v) is 9.56. The van der Waals surface area contributed by atoms with Gasteiger partial charge in [0, 0.05) is 30.7 Å². The summed E-state index contributed by atoms with van der Waals surface area (Å²) in [5, 5.41) is 3.27. The first-order chi connectivity index (χ1) is 14.0. The van der Waals surface area contributed by atoms with Crippen molar-refractivity contribution < 1.29 is 13.6 Å². The van der Waals surface area contributed by atoms with E-state index in [4.69, 9.17) is 17.3 Å². The lowest BCUT2D eigenvalue weighted by Gasteiger charge is -2.42. The summed E-state index contributed by atoms with van der Waals surface area (Å²) < 4.78 is 27.2. The molecule has 1 unspecified atom stereocenters. The van der Waals surface area contributed by atoms with E-state index >= 15 is 0 Å². The standard InChI is InChI=1S/C20H20ClF2N5O/c21-16-6-3-14(9-17(16)23)25-18-11-28(15-4-1-13(22)2-5-15)19-12-26(20(29)10-24)7-8-27(18)19/h1-6,9,11,19,25H,7-8,10,12,24H2. The van der Waals surface area contributed by atoms with Gasteiger partial charge in [-0.3, -0.25) is 4.79 Å². The number of nitrogens with zero attached hydrogens (tertiary/aromatic N) is 3. The highest BCUT2D eigenvalue weighted by molar-refractivity contribution is 6.30. The Kier molecular flexibility index (Phi) is 5.29. The molecule has 1 saturated heterocycles. The van der Waals surface area contributed by atoms with E-state index in [-0.39, 0.29) is 29.5 Å². The van der Waals surface area contributed by atoms with Crippen molar-refractivity contribution in [2.45, 2.75) is 6.17 Å². The van der Waals surface area contributed by atoms with E-state index in [1.165, 1.54) is 24.3 Å². The van der Waals surface area contributed by atoms with Crippen LogP contribution < -0.4 is 16.0 Å². The first kappa shape index (κ1) is 19.5. The van der Waals surface area contributed by atoms with Crippen LogP contribution in [0.4, 0.5) is 20.2 Å². The van der Waals surface area contributed by atoms with E-state index in [2.05, 4.69) is 10.2 Å². The maximum atomic E-state index is 13.8. The van der Waals surface area contributed by atoms with E-state index in [1.54, 1.807) is 23.1 Å². The number of hydrogen-bond acceptors (Lipinski definition) is 5. The van der Waals surface area contributed by atoms with Gasteiger partial charge in [0.05, 0.1) is 18.1 Å². The highest BCUT2D eigenvalue weighted by atomic mass is 35.5. The van der Waals surface area contributed by atoms with E-state index in [0.717, 1.165) is 11.5 Å². The summed E-state index contributed by atoms with van der Waals surface area (Å²) in [5.41, 5.74) is 6.86. The summed E-state index contributed by atoms with van der Waals surface area (Å²) in [7, 11) is 0. The van der Waals surface area contributed by atoms with Crippen molar-refractivity contribution >= 4 is 28.9 Å². The summed E-state index contributed by atoms with van der Waals surface area (Å²) in [5.74, 6) is -0.210. The Labute approximate surface area is 172 Å². The van der Waals surface area contributed by atoms with Crippen molar-refractivity contribution in [2.24, 2.45) is 5.73 Å². The molecular weight excluding hydrogens is 400 g/mol. The molecule has 0 radical (unpaired) electrons. The maximum absolute atomic E-state index is 13.8. The van der Waals surface area contributed by atoms with Crippen molar-refractivity contribution in [3.05, 3.63) is 71.1 Å². The van der Waals surface area contributed by atoms with Gasteiger partial charge in [0.1, 0.15) is 23.6 Å². The predicted octanol–water partition coefficient (Wildman–Crippen LogP) is 2.78. The maximum Gasteiger partial charge on any atom is 0.236 e. The topological polar surface area (TPSA) is 64.8 Å². The lowest BCUT2D eigenvalue weighted by Crippen LogP contribution is -2.58. The second kappa shape index (κ2) is 7.88. The fourth-order valence-electron chi connectivity index (χ4n) is 3.62. The molecule has 29 heavy (non-hydrogen) atoms. The number of hydrogen-bond donors (Lipinski definition) is 2. The van der Waals surface area contributed by atoms with Crippen LogP contribution in [0.25, 0.3) is 0 Å². The average Bonchev–Trinajstić information content (AvgIpc) is 3.08. The molecule has 3 N–H and O–H groups in total. The molecule has 0 aliphatic carbocycles. The molecule has 2 aromatic rings. The molecule has 1 amide bonds. The Morgan fingerprint density at radius 1 is 1.17 bits per heavy atom. The molecule has 4 rings (SSSR count). The highest BCUT2D eigenvalue weighted by Crippen LogP contribution is 2.32. The number of fused-ring (bicyclic) bond motifs is 1. The monoisotopic (exact) mass is 419 g/mol. The van der Waals surface area contributed by atoms with Gasteiger partial charge in [0.25, 0.3) is 0 Å². The van der Waals surface area contributed by atoms with Crippen LogP contribution in [0.5, 0.6) is 0 Å². The third-order valence-electron chi connectivity index (χ3n) is 5.09. The van der Waals surface area contributed by atoms with E-state index in [1.807, 2.05) is 11.1 Å². The summed E-state index contributed by atoms with van der Waals surface area (Å²) in [6.07, 6.45) is 1.69. The lowest BCUT2D eigenvalue weighted by molar-refractivity contribution is -0.132. The molecule has 152 valence electrons. The Morgan fingerprint density at radius 2 is 1.93 bits per heavy atom. The van der Waals surface area contributed by atoms with Gasteiger partial charge in [0.2, 0.25) is 5.91 Å². The SMILES string of the molecule is NCC(=O)N1CCN2C(Nc3ccc(Cl)c(F)c3)=CN(c3ccc(F)cc3)C2C1. The summed E-state index contributed by atoms with van der Waals surface area (Å²) in [4.78, 5) is 17.9. The van der Waals surface area contributed by atoms with Gasteiger partial charge in [-0.15, -0.1) is 0 Å². The van der Waals surface area contributed by atoms with Crippen LogP contribution in [0.1, 0.15) is 0 Å². The fraction of sp³-hybridized carbons (Fsp3) is 0.250. The van der Waals surface area contributed by atoms with Crippen molar-refractivity contribution in [1.82, 2.24) is 9.80 Å². The minimum atomic E-state index is -0.513. The molecule has 6 nitrogen and oxygen atoms in total. The minimum absolute atomic E-state index is 0.0497. The molecule has 2 aliphatic heterocycles. The van der Waals surface area contributed by atoms with E-state index in [0.29, 0.717) is 25.3 Å². The zero-order valence-corrected chi connectivity index (χ0v) is 16.2. The number of carbonyl (C=O) groups excluding carboxylic acids is 1. The third-order valence-corrected chi connectivity index (χ3v) is 5.40. The van der Waals surface area contributed by atoms with Crippen LogP contribution in [-0.4, -0.2) is 48.1 Å². The van der Waals surface area contributed by atoms with Gasteiger partial charge in [-0.05, 0) is 42.5 Å². The van der Waals surface area contributed by atoms with Crippen molar-refractivity contribution in [3.63, 3.8) is 0 Å². The van der Waals surface area contributed by atoms with Gasteiger partial charge in [-0.1, -0.05) is 11.6 Å². The van der Waals surface area contributed by atoms with Gasteiger partial charge >= 0.3 is 0 Å². The van der Waals surface area contributed by atoms with Gasteiger partial charge < -0.3 is 25.8 Å². The van der Waals surface area contributed by atoms with Crippen LogP contribution in [0.15, 0.2) is 54.5 Å². The number of anilines is 2. The van der Waals surface area contributed by atoms with Crippen LogP contribution in [-0.2, 0) is 4.79 Å². The van der Waals surface area contributed by atoms with Gasteiger partial charge in [-0.25, -0.2) is 8.78 Å². The van der Waals surface area contributed by atoms with E-state index in [9.17, 15) is 13.6 Å². The molecular formula is C20H20ClF2N5O. The Hall–Kier alpha value is -2.84. The smallest absolute Gasteiger partial charge is 0.236 e. The molecule has 9 heteroatoms. The second-order valence-corrected chi connectivity index (χ2v) is 7.28. The highest BCUT2D eigenvalue weighted by Gasteiger charge is 2.38. The lowest BCUT2D eigenvalue weighted by atomic mass is 10.2. The normalized spacial score (nSPS) is 18.6. The molecule has 2 aliphatic rings.